The molecule has 19 heavy (non-hydrogen) atoms. The van der Waals surface area contributed by atoms with Crippen molar-refractivity contribution in [3.63, 3.8) is 0 Å². The second-order valence-electron chi connectivity index (χ2n) is 4.50. The molecule has 0 aromatic carbocycles. The van der Waals surface area contributed by atoms with Gasteiger partial charge in [0.2, 0.25) is 0 Å². The fourth-order valence-corrected chi connectivity index (χ4v) is 1.84. The van der Waals surface area contributed by atoms with Crippen LogP contribution in [0.3, 0.4) is 0 Å². The fraction of sp³-hybridized carbons (Fsp3) is 0.308. The van der Waals surface area contributed by atoms with Crippen molar-refractivity contribution in [2.75, 3.05) is 6.54 Å². The number of nitrogens with zero attached hydrogens (tertiary/aromatic N) is 2. The summed E-state index contributed by atoms with van der Waals surface area (Å²) in [7, 11) is 0. The molecule has 0 bridgehead atoms. The molecule has 0 saturated heterocycles. The van der Waals surface area contributed by atoms with E-state index in [9.17, 15) is 9.59 Å². The number of carbonyl (C=O) groups is 2. The van der Waals surface area contributed by atoms with Crippen molar-refractivity contribution in [2.24, 2.45) is 5.92 Å². The SMILES string of the molecule is CC(CNC(=O)c1cnn2ccccc12)CC(=O)O. The van der Waals surface area contributed by atoms with Gasteiger partial charge >= 0.3 is 5.97 Å². The molecule has 2 heterocycles. The molecule has 0 radical (unpaired) electrons. The number of hydrogen-bond acceptors (Lipinski definition) is 3. The number of carbonyl (C=O) groups excluding carboxylic acids is 1. The van der Waals surface area contributed by atoms with Crippen LogP contribution in [0, 0.1) is 5.92 Å². The monoisotopic (exact) mass is 261 g/mol. The van der Waals surface area contributed by atoms with Crippen LogP contribution in [0.15, 0.2) is 30.6 Å². The van der Waals surface area contributed by atoms with E-state index >= 15 is 0 Å². The summed E-state index contributed by atoms with van der Waals surface area (Å²) in [4.78, 5) is 22.5. The molecular weight excluding hydrogens is 246 g/mol. The van der Waals surface area contributed by atoms with Crippen molar-refractivity contribution in [3.05, 3.63) is 36.2 Å². The van der Waals surface area contributed by atoms with Crippen LogP contribution in [-0.2, 0) is 4.79 Å². The third-order valence-corrected chi connectivity index (χ3v) is 2.81. The maximum atomic E-state index is 12.0. The number of aliphatic carboxylic acids is 1. The van der Waals surface area contributed by atoms with Crippen molar-refractivity contribution in [1.29, 1.82) is 0 Å². The number of rotatable bonds is 5. The van der Waals surface area contributed by atoms with E-state index in [1.165, 1.54) is 6.20 Å². The number of carboxylic acid groups (broad SMARTS) is 1. The first-order valence-corrected chi connectivity index (χ1v) is 6.00. The molecule has 0 aliphatic rings. The lowest BCUT2D eigenvalue weighted by Crippen LogP contribution is -2.29. The molecule has 0 saturated carbocycles. The Kier molecular flexibility index (Phi) is 3.79. The van der Waals surface area contributed by atoms with E-state index in [-0.39, 0.29) is 18.2 Å². The second kappa shape index (κ2) is 5.51. The molecule has 1 unspecified atom stereocenters. The van der Waals surface area contributed by atoms with E-state index in [1.54, 1.807) is 17.6 Å². The van der Waals surface area contributed by atoms with E-state index in [1.807, 2.05) is 18.2 Å². The largest absolute Gasteiger partial charge is 0.481 e. The quantitative estimate of drug-likeness (QED) is 0.846. The summed E-state index contributed by atoms with van der Waals surface area (Å²) in [6.45, 7) is 2.11. The van der Waals surface area contributed by atoms with Gasteiger partial charge in [0, 0.05) is 19.2 Å². The lowest BCUT2D eigenvalue weighted by molar-refractivity contribution is -0.137. The highest BCUT2D eigenvalue weighted by Gasteiger charge is 2.14. The lowest BCUT2D eigenvalue weighted by Gasteiger charge is -2.09. The van der Waals surface area contributed by atoms with Crippen LogP contribution < -0.4 is 5.32 Å². The number of hydrogen-bond donors (Lipinski definition) is 2. The standard InChI is InChI=1S/C13H15N3O3/c1-9(6-12(17)18)7-14-13(19)10-8-15-16-5-3-2-4-11(10)16/h2-5,8-9H,6-7H2,1H3,(H,14,19)(H,17,18). The summed E-state index contributed by atoms with van der Waals surface area (Å²) >= 11 is 0. The third-order valence-electron chi connectivity index (χ3n) is 2.81. The van der Waals surface area contributed by atoms with Gasteiger partial charge in [-0.05, 0) is 18.1 Å². The number of fused-ring (bicyclic) bond motifs is 1. The highest BCUT2D eigenvalue weighted by Crippen LogP contribution is 2.10. The molecule has 2 aromatic heterocycles. The molecule has 6 nitrogen and oxygen atoms in total. The zero-order chi connectivity index (χ0) is 13.8. The molecule has 6 heteroatoms. The Morgan fingerprint density at radius 1 is 1.47 bits per heavy atom. The van der Waals surface area contributed by atoms with Gasteiger partial charge in [-0.25, -0.2) is 4.52 Å². The maximum absolute atomic E-state index is 12.0. The Morgan fingerprint density at radius 2 is 2.26 bits per heavy atom. The molecule has 0 spiro atoms. The average molecular weight is 261 g/mol. The van der Waals surface area contributed by atoms with Crippen molar-refractivity contribution >= 4 is 17.4 Å². The van der Waals surface area contributed by atoms with Crippen molar-refractivity contribution in [3.8, 4) is 0 Å². The van der Waals surface area contributed by atoms with Gasteiger partial charge in [0.15, 0.2) is 0 Å². The first kappa shape index (κ1) is 13.1. The first-order chi connectivity index (χ1) is 9.08. The van der Waals surface area contributed by atoms with E-state index in [2.05, 4.69) is 10.4 Å². The number of pyridine rings is 1. The Balaban J connectivity index is 2.02. The summed E-state index contributed by atoms with van der Waals surface area (Å²) in [6, 6.07) is 5.47. The maximum Gasteiger partial charge on any atom is 0.303 e. The molecule has 0 fully saturated rings. The number of aromatic nitrogens is 2. The summed E-state index contributed by atoms with van der Waals surface area (Å²) in [5.41, 5.74) is 1.22. The topological polar surface area (TPSA) is 83.7 Å². The zero-order valence-corrected chi connectivity index (χ0v) is 10.5. The Bertz CT molecular complexity index is 606. The van der Waals surface area contributed by atoms with E-state index in [0.717, 1.165) is 5.52 Å². The van der Waals surface area contributed by atoms with Crippen LogP contribution >= 0.6 is 0 Å². The predicted octanol–water partition coefficient (Wildman–Crippen LogP) is 1.17. The lowest BCUT2D eigenvalue weighted by atomic mass is 10.1. The molecular formula is C13H15N3O3. The predicted molar refractivity (Wildman–Crippen MR) is 68.9 cm³/mol. The van der Waals surface area contributed by atoms with Crippen LogP contribution in [0.4, 0.5) is 0 Å². The van der Waals surface area contributed by atoms with Crippen LogP contribution in [0.1, 0.15) is 23.7 Å². The normalized spacial score (nSPS) is 12.3. The summed E-state index contributed by atoms with van der Waals surface area (Å²) in [6.07, 6.45) is 3.31. The molecule has 100 valence electrons. The smallest absolute Gasteiger partial charge is 0.303 e. The Labute approximate surface area is 110 Å². The van der Waals surface area contributed by atoms with Crippen LogP contribution in [0.25, 0.3) is 5.52 Å². The molecule has 0 aliphatic carbocycles. The van der Waals surface area contributed by atoms with Gasteiger partial charge < -0.3 is 10.4 Å². The van der Waals surface area contributed by atoms with Crippen molar-refractivity contribution in [2.45, 2.75) is 13.3 Å². The fourth-order valence-electron chi connectivity index (χ4n) is 1.84. The first-order valence-electron chi connectivity index (χ1n) is 6.00. The molecule has 2 N–H and O–H groups in total. The minimum atomic E-state index is -0.863. The molecule has 1 atom stereocenters. The van der Waals surface area contributed by atoms with Crippen molar-refractivity contribution < 1.29 is 14.7 Å². The van der Waals surface area contributed by atoms with Gasteiger partial charge in [-0.2, -0.15) is 5.10 Å². The van der Waals surface area contributed by atoms with Gasteiger partial charge in [-0.1, -0.05) is 13.0 Å². The Morgan fingerprint density at radius 3 is 3.00 bits per heavy atom. The van der Waals surface area contributed by atoms with Gasteiger partial charge in [0.05, 0.1) is 17.3 Å². The minimum Gasteiger partial charge on any atom is -0.481 e. The van der Waals surface area contributed by atoms with Gasteiger partial charge in [-0.3, -0.25) is 9.59 Å². The van der Waals surface area contributed by atoms with Gasteiger partial charge in [-0.15, -0.1) is 0 Å². The van der Waals surface area contributed by atoms with Crippen LogP contribution in [0.2, 0.25) is 0 Å². The van der Waals surface area contributed by atoms with Gasteiger partial charge in [0.25, 0.3) is 5.91 Å². The zero-order valence-electron chi connectivity index (χ0n) is 10.5. The minimum absolute atomic E-state index is 0.0367. The number of carboxylic acids is 1. The number of amides is 1. The van der Waals surface area contributed by atoms with Gasteiger partial charge in [0.1, 0.15) is 0 Å². The van der Waals surface area contributed by atoms with Crippen molar-refractivity contribution in [1.82, 2.24) is 14.9 Å². The molecule has 2 aromatic rings. The summed E-state index contributed by atoms with van der Waals surface area (Å²) < 4.78 is 1.62. The third kappa shape index (κ3) is 3.09. The number of nitrogens with one attached hydrogen (secondary N) is 1. The molecule has 0 aliphatic heterocycles. The average Bonchev–Trinajstić information content (AvgIpc) is 2.79. The summed E-state index contributed by atoms with van der Waals surface area (Å²) in [5, 5.41) is 15.5. The Hall–Kier alpha value is -2.37. The highest BCUT2D eigenvalue weighted by molar-refractivity contribution is 6.00. The molecule has 1 amide bonds. The summed E-state index contributed by atoms with van der Waals surface area (Å²) in [5.74, 6) is -1.21. The van der Waals surface area contributed by atoms with E-state index < -0.39 is 5.97 Å². The van der Waals surface area contributed by atoms with Crippen LogP contribution in [-0.4, -0.2) is 33.1 Å². The van der Waals surface area contributed by atoms with Crippen LogP contribution in [0.5, 0.6) is 0 Å². The van der Waals surface area contributed by atoms with E-state index in [4.69, 9.17) is 5.11 Å². The van der Waals surface area contributed by atoms with E-state index in [0.29, 0.717) is 12.1 Å². The molecule has 2 rings (SSSR count). The second-order valence-corrected chi connectivity index (χ2v) is 4.50. The highest BCUT2D eigenvalue weighted by atomic mass is 16.4.